The molecule has 1 aliphatic heterocycles. The average molecular weight is 424 g/mol. The molecule has 1 saturated heterocycles. The Morgan fingerprint density at radius 3 is 2.18 bits per heavy atom. The third-order valence-corrected chi connectivity index (χ3v) is 5.08. The van der Waals surface area contributed by atoms with E-state index >= 15 is 0 Å². The topological polar surface area (TPSA) is 58.4 Å². The summed E-state index contributed by atoms with van der Waals surface area (Å²) < 4.78 is 0. The van der Waals surface area contributed by atoms with Gasteiger partial charge < -0.3 is 16.0 Å². The van der Waals surface area contributed by atoms with Crippen molar-refractivity contribution >= 4 is 42.1 Å². The Labute approximate surface area is 180 Å². The number of hydrogen-bond donors (Lipinski definition) is 2. The molecule has 1 heterocycles. The van der Waals surface area contributed by atoms with Crippen molar-refractivity contribution in [3.8, 4) is 0 Å². The lowest BCUT2D eigenvalue weighted by Crippen LogP contribution is -2.44. The van der Waals surface area contributed by atoms with Crippen LogP contribution < -0.4 is 16.0 Å². The van der Waals surface area contributed by atoms with Gasteiger partial charge in [-0.05, 0) is 54.2 Å². The van der Waals surface area contributed by atoms with Gasteiger partial charge in [0.15, 0.2) is 0 Å². The molecule has 3 N–H and O–H groups in total. The van der Waals surface area contributed by atoms with E-state index in [2.05, 4.69) is 55.3 Å². The fourth-order valence-electron chi connectivity index (χ4n) is 3.40. The molecule has 0 aliphatic carbocycles. The number of carbonyl (C=O) groups excluding carboxylic acids is 1. The van der Waals surface area contributed by atoms with E-state index in [1.54, 1.807) is 18.2 Å². The Hall–Kier alpha value is -1.91. The van der Waals surface area contributed by atoms with Crippen molar-refractivity contribution in [3.05, 3.63) is 59.7 Å². The molecule has 1 aliphatic rings. The van der Waals surface area contributed by atoms with Gasteiger partial charge >= 0.3 is 0 Å². The largest absolute Gasteiger partial charge is 0.399 e. The number of nitrogen functional groups attached to an aromatic ring is 1. The number of anilines is 2. The fraction of sp³-hybridized carbons (Fsp3) is 0.409. The van der Waals surface area contributed by atoms with Gasteiger partial charge in [-0.15, -0.1) is 24.8 Å². The first kappa shape index (κ1) is 24.1. The third kappa shape index (κ3) is 6.05. The van der Waals surface area contributed by atoms with E-state index in [0.29, 0.717) is 11.3 Å². The molecule has 0 aromatic heterocycles. The molecule has 0 bridgehead atoms. The zero-order chi connectivity index (χ0) is 18.7. The quantitative estimate of drug-likeness (QED) is 0.696. The number of amides is 1. The van der Waals surface area contributed by atoms with Crippen LogP contribution in [0.15, 0.2) is 48.5 Å². The minimum absolute atomic E-state index is 0. The molecule has 0 saturated carbocycles. The molecule has 6 heteroatoms. The van der Waals surface area contributed by atoms with Gasteiger partial charge in [0.25, 0.3) is 5.91 Å². The summed E-state index contributed by atoms with van der Waals surface area (Å²) >= 11 is 0. The molecule has 0 spiro atoms. The Balaban J connectivity index is 0.00000196. The van der Waals surface area contributed by atoms with Crippen LogP contribution in [0, 0.1) is 0 Å². The van der Waals surface area contributed by atoms with Crippen molar-refractivity contribution in [2.45, 2.75) is 45.1 Å². The zero-order valence-corrected chi connectivity index (χ0v) is 18.4. The second-order valence-corrected chi connectivity index (χ2v) is 8.16. The van der Waals surface area contributed by atoms with Crippen molar-refractivity contribution in [1.82, 2.24) is 5.32 Å². The Bertz CT molecular complexity index is 764. The van der Waals surface area contributed by atoms with Gasteiger partial charge in [0.1, 0.15) is 0 Å². The van der Waals surface area contributed by atoms with E-state index in [-0.39, 0.29) is 42.2 Å². The number of nitrogens with two attached hydrogens (primary N) is 1. The second-order valence-electron chi connectivity index (χ2n) is 8.16. The Morgan fingerprint density at radius 1 is 1.04 bits per heavy atom. The van der Waals surface area contributed by atoms with Crippen LogP contribution in [0.3, 0.4) is 0 Å². The van der Waals surface area contributed by atoms with E-state index in [9.17, 15) is 4.79 Å². The van der Waals surface area contributed by atoms with Crippen LogP contribution in [0.25, 0.3) is 0 Å². The maximum atomic E-state index is 12.4. The van der Waals surface area contributed by atoms with Gasteiger partial charge in [0.05, 0.1) is 0 Å². The number of hydrogen-bond acceptors (Lipinski definition) is 3. The highest BCUT2D eigenvalue weighted by molar-refractivity contribution is 5.95. The fourth-order valence-corrected chi connectivity index (χ4v) is 3.40. The maximum absolute atomic E-state index is 12.4. The summed E-state index contributed by atoms with van der Waals surface area (Å²) in [5.74, 6) is -0.0368. The van der Waals surface area contributed by atoms with Crippen LogP contribution in [-0.4, -0.2) is 25.0 Å². The minimum atomic E-state index is -0.0368. The van der Waals surface area contributed by atoms with E-state index in [4.69, 9.17) is 5.73 Å². The number of nitrogens with zero attached hydrogens (tertiary/aromatic N) is 1. The number of carbonyl (C=O) groups is 1. The lowest BCUT2D eigenvalue weighted by Gasteiger charge is -2.34. The Morgan fingerprint density at radius 2 is 1.64 bits per heavy atom. The molecule has 2 aromatic carbocycles. The van der Waals surface area contributed by atoms with Gasteiger partial charge in [0, 0.05) is 36.1 Å². The highest BCUT2D eigenvalue weighted by atomic mass is 35.5. The summed E-state index contributed by atoms with van der Waals surface area (Å²) in [6, 6.07) is 16.2. The predicted octanol–water partition coefficient (Wildman–Crippen LogP) is 4.81. The monoisotopic (exact) mass is 423 g/mol. The van der Waals surface area contributed by atoms with Crippen molar-refractivity contribution in [2.24, 2.45) is 0 Å². The molecular formula is C22H31Cl2N3O. The third-order valence-electron chi connectivity index (χ3n) is 5.08. The second kappa shape index (κ2) is 10.0. The van der Waals surface area contributed by atoms with E-state index in [0.717, 1.165) is 25.9 Å². The van der Waals surface area contributed by atoms with Crippen LogP contribution in [0.4, 0.5) is 11.4 Å². The van der Waals surface area contributed by atoms with E-state index < -0.39 is 0 Å². The number of piperidine rings is 1. The van der Waals surface area contributed by atoms with Crippen molar-refractivity contribution in [3.63, 3.8) is 0 Å². The lowest BCUT2D eigenvalue weighted by molar-refractivity contribution is 0.0931. The summed E-state index contributed by atoms with van der Waals surface area (Å²) in [6.45, 7) is 8.61. The molecule has 0 atom stereocenters. The lowest BCUT2D eigenvalue weighted by atomic mass is 9.87. The van der Waals surface area contributed by atoms with Gasteiger partial charge in [-0.2, -0.15) is 0 Å². The Kier molecular flexibility index (Phi) is 8.65. The van der Waals surface area contributed by atoms with Crippen LogP contribution in [0.5, 0.6) is 0 Å². The number of nitrogens with one attached hydrogen (secondary N) is 1. The van der Waals surface area contributed by atoms with Crippen LogP contribution in [0.1, 0.15) is 49.5 Å². The van der Waals surface area contributed by atoms with E-state index in [1.165, 1.54) is 11.3 Å². The number of benzene rings is 2. The van der Waals surface area contributed by atoms with Crippen LogP contribution in [-0.2, 0) is 5.41 Å². The van der Waals surface area contributed by atoms with Crippen LogP contribution in [0.2, 0.25) is 0 Å². The summed E-state index contributed by atoms with van der Waals surface area (Å²) in [4.78, 5) is 14.8. The molecule has 1 fully saturated rings. The number of rotatable bonds is 3. The first-order valence-corrected chi connectivity index (χ1v) is 9.35. The smallest absolute Gasteiger partial charge is 0.251 e. The normalized spacial score (nSPS) is 14.6. The van der Waals surface area contributed by atoms with Crippen LogP contribution >= 0.6 is 24.8 Å². The maximum Gasteiger partial charge on any atom is 0.251 e. The summed E-state index contributed by atoms with van der Waals surface area (Å²) in [7, 11) is 0. The van der Waals surface area contributed by atoms with Gasteiger partial charge in [0.2, 0.25) is 0 Å². The minimum Gasteiger partial charge on any atom is -0.399 e. The molecule has 154 valence electrons. The predicted molar refractivity (Wildman–Crippen MR) is 123 cm³/mol. The number of halogens is 2. The molecule has 0 unspecified atom stereocenters. The SMILES string of the molecule is CC(C)(C)c1ccc(N2CCC(NC(=O)c3cccc(N)c3)CC2)cc1.Cl.Cl. The molecule has 2 aromatic rings. The average Bonchev–Trinajstić information content (AvgIpc) is 2.62. The summed E-state index contributed by atoms with van der Waals surface area (Å²) in [5.41, 5.74) is 9.80. The first-order valence-electron chi connectivity index (χ1n) is 9.35. The summed E-state index contributed by atoms with van der Waals surface area (Å²) in [6.07, 6.45) is 1.91. The van der Waals surface area contributed by atoms with Gasteiger partial charge in [-0.25, -0.2) is 0 Å². The molecule has 28 heavy (non-hydrogen) atoms. The summed E-state index contributed by atoms with van der Waals surface area (Å²) in [5, 5.41) is 3.14. The first-order chi connectivity index (χ1) is 12.3. The van der Waals surface area contributed by atoms with E-state index in [1.807, 2.05) is 6.07 Å². The highest BCUT2D eigenvalue weighted by Crippen LogP contribution is 2.26. The zero-order valence-electron chi connectivity index (χ0n) is 16.8. The van der Waals surface area contributed by atoms with Gasteiger partial charge in [-0.1, -0.05) is 39.0 Å². The molecule has 4 nitrogen and oxygen atoms in total. The van der Waals surface area contributed by atoms with Crippen molar-refractivity contribution in [2.75, 3.05) is 23.7 Å². The van der Waals surface area contributed by atoms with Crippen molar-refractivity contribution in [1.29, 1.82) is 0 Å². The highest BCUT2D eigenvalue weighted by Gasteiger charge is 2.22. The van der Waals surface area contributed by atoms with Gasteiger partial charge in [-0.3, -0.25) is 4.79 Å². The molecule has 3 rings (SSSR count). The molecule has 1 amide bonds. The standard InChI is InChI=1S/C22H29N3O.2ClH/c1-22(2,3)17-7-9-20(10-8-17)25-13-11-19(12-14-25)24-21(26)16-5-4-6-18(23)15-16;;/h4-10,15,19H,11-14,23H2,1-3H3,(H,24,26);2*1H. The molecule has 0 radical (unpaired) electrons. The van der Waals surface area contributed by atoms with Crippen molar-refractivity contribution < 1.29 is 4.79 Å². The molecular weight excluding hydrogens is 393 g/mol.